The minimum atomic E-state index is 0.778. The molecule has 1 saturated heterocycles. The molecule has 0 saturated carbocycles. The van der Waals surface area contributed by atoms with Crippen molar-refractivity contribution in [2.45, 2.75) is 27.2 Å². The molecule has 0 amide bonds. The molecule has 2 rings (SSSR count). The first-order chi connectivity index (χ1) is 8.69. The molecular formula is C16H26N2. The van der Waals surface area contributed by atoms with E-state index in [1.807, 2.05) is 0 Å². The van der Waals surface area contributed by atoms with E-state index in [1.165, 1.54) is 44.0 Å². The molecule has 0 aliphatic carbocycles. The molecule has 0 bridgehead atoms. The van der Waals surface area contributed by atoms with E-state index in [4.69, 9.17) is 0 Å². The number of hydrogen-bond donors (Lipinski definition) is 0. The van der Waals surface area contributed by atoms with Gasteiger partial charge in [0.25, 0.3) is 0 Å². The Bertz CT molecular complexity index is 365. The van der Waals surface area contributed by atoms with E-state index in [1.54, 1.807) is 0 Å². The zero-order valence-electron chi connectivity index (χ0n) is 12.0. The Labute approximate surface area is 112 Å². The lowest BCUT2D eigenvalue weighted by Gasteiger charge is -2.37. The highest BCUT2D eigenvalue weighted by Crippen LogP contribution is 2.18. The molecule has 1 heterocycles. The van der Waals surface area contributed by atoms with Gasteiger partial charge in [-0.15, -0.1) is 0 Å². The van der Waals surface area contributed by atoms with Crippen LogP contribution < -0.4 is 4.90 Å². The van der Waals surface area contributed by atoms with Gasteiger partial charge in [-0.2, -0.15) is 0 Å². The molecule has 1 aromatic carbocycles. The van der Waals surface area contributed by atoms with Gasteiger partial charge in [0.2, 0.25) is 0 Å². The van der Waals surface area contributed by atoms with Crippen molar-refractivity contribution in [3.05, 3.63) is 29.8 Å². The van der Waals surface area contributed by atoms with E-state index >= 15 is 0 Å². The monoisotopic (exact) mass is 246 g/mol. The van der Waals surface area contributed by atoms with Gasteiger partial charge in [-0.3, -0.25) is 4.90 Å². The maximum absolute atomic E-state index is 2.59. The minimum absolute atomic E-state index is 0.778. The van der Waals surface area contributed by atoms with Crippen molar-refractivity contribution in [2.24, 2.45) is 5.92 Å². The summed E-state index contributed by atoms with van der Waals surface area (Å²) in [7, 11) is 0. The van der Waals surface area contributed by atoms with Gasteiger partial charge in [0.1, 0.15) is 0 Å². The van der Waals surface area contributed by atoms with Gasteiger partial charge in [0, 0.05) is 38.4 Å². The summed E-state index contributed by atoms with van der Waals surface area (Å²) >= 11 is 0. The lowest BCUT2D eigenvalue weighted by atomic mass is 10.1. The molecule has 1 aliphatic heterocycles. The second-order valence-electron chi connectivity index (χ2n) is 5.70. The SMILES string of the molecule is CCc1cccc(N2CCN(CC(C)C)CC2)c1. The van der Waals surface area contributed by atoms with Gasteiger partial charge in [0.15, 0.2) is 0 Å². The Balaban J connectivity index is 1.92. The van der Waals surface area contributed by atoms with E-state index < -0.39 is 0 Å². The van der Waals surface area contributed by atoms with Gasteiger partial charge in [0.05, 0.1) is 0 Å². The Morgan fingerprint density at radius 2 is 1.83 bits per heavy atom. The molecule has 0 atom stereocenters. The molecule has 1 fully saturated rings. The normalized spacial score (nSPS) is 17.4. The molecule has 0 aromatic heterocycles. The molecule has 1 aromatic rings. The fourth-order valence-corrected chi connectivity index (χ4v) is 2.68. The van der Waals surface area contributed by atoms with Crippen LogP contribution in [0.1, 0.15) is 26.3 Å². The standard InChI is InChI=1S/C16H26N2/c1-4-15-6-5-7-16(12-15)18-10-8-17(9-11-18)13-14(2)3/h5-7,12,14H,4,8-11,13H2,1-3H3. The summed E-state index contributed by atoms with van der Waals surface area (Å²) in [5, 5.41) is 0. The summed E-state index contributed by atoms with van der Waals surface area (Å²) in [5.74, 6) is 0.778. The predicted molar refractivity (Wildman–Crippen MR) is 79.3 cm³/mol. The zero-order chi connectivity index (χ0) is 13.0. The highest BCUT2D eigenvalue weighted by atomic mass is 15.3. The largest absolute Gasteiger partial charge is 0.369 e. The van der Waals surface area contributed by atoms with Crippen molar-refractivity contribution < 1.29 is 0 Å². The number of piperazine rings is 1. The Hall–Kier alpha value is -1.02. The van der Waals surface area contributed by atoms with Crippen molar-refractivity contribution >= 4 is 5.69 Å². The van der Waals surface area contributed by atoms with Gasteiger partial charge in [-0.1, -0.05) is 32.9 Å². The second-order valence-corrected chi connectivity index (χ2v) is 5.70. The number of anilines is 1. The molecule has 0 radical (unpaired) electrons. The number of nitrogens with zero attached hydrogens (tertiary/aromatic N) is 2. The average molecular weight is 246 g/mol. The third kappa shape index (κ3) is 3.49. The maximum atomic E-state index is 2.59. The van der Waals surface area contributed by atoms with Crippen LogP contribution in [0.3, 0.4) is 0 Å². The van der Waals surface area contributed by atoms with Gasteiger partial charge < -0.3 is 4.90 Å². The number of rotatable bonds is 4. The lowest BCUT2D eigenvalue weighted by molar-refractivity contribution is 0.231. The van der Waals surface area contributed by atoms with Crippen molar-refractivity contribution in [1.82, 2.24) is 4.90 Å². The number of benzene rings is 1. The molecule has 0 spiro atoms. The van der Waals surface area contributed by atoms with E-state index in [0.29, 0.717) is 0 Å². The Kier molecular flexibility index (Phi) is 4.65. The summed E-state index contributed by atoms with van der Waals surface area (Å²) < 4.78 is 0. The van der Waals surface area contributed by atoms with Crippen LogP contribution in [0.5, 0.6) is 0 Å². The van der Waals surface area contributed by atoms with Crippen LogP contribution >= 0.6 is 0 Å². The maximum Gasteiger partial charge on any atom is 0.0369 e. The topological polar surface area (TPSA) is 6.48 Å². The zero-order valence-corrected chi connectivity index (χ0v) is 12.0. The van der Waals surface area contributed by atoms with Crippen LogP contribution in [0.4, 0.5) is 5.69 Å². The Morgan fingerprint density at radius 3 is 2.44 bits per heavy atom. The first-order valence-electron chi connectivity index (χ1n) is 7.25. The summed E-state index contributed by atoms with van der Waals surface area (Å²) in [6.45, 7) is 12.8. The van der Waals surface area contributed by atoms with Crippen LogP contribution in [-0.4, -0.2) is 37.6 Å². The Morgan fingerprint density at radius 1 is 1.11 bits per heavy atom. The highest BCUT2D eigenvalue weighted by molar-refractivity contribution is 5.49. The third-order valence-corrected chi connectivity index (χ3v) is 3.68. The number of aryl methyl sites for hydroxylation is 1. The van der Waals surface area contributed by atoms with E-state index in [0.717, 1.165) is 12.3 Å². The van der Waals surface area contributed by atoms with Crippen molar-refractivity contribution in [3.8, 4) is 0 Å². The third-order valence-electron chi connectivity index (χ3n) is 3.68. The smallest absolute Gasteiger partial charge is 0.0369 e. The van der Waals surface area contributed by atoms with Crippen molar-refractivity contribution in [2.75, 3.05) is 37.6 Å². The first kappa shape index (κ1) is 13.4. The molecule has 1 aliphatic rings. The van der Waals surface area contributed by atoms with E-state index in [9.17, 15) is 0 Å². The average Bonchev–Trinajstić information content (AvgIpc) is 2.39. The summed E-state index contributed by atoms with van der Waals surface area (Å²) in [6, 6.07) is 9.00. The van der Waals surface area contributed by atoms with Gasteiger partial charge in [-0.25, -0.2) is 0 Å². The molecular weight excluding hydrogens is 220 g/mol. The van der Waals surface area contributed by atoms with Crippen LogP contribution in [0.25, 0.3) is 0 Å². The van der Waals surface area contributed by atoms with Crippen LogP contribution in [0.15, 0.2) is 24.3 Å². The van der Waals surface area contributed by atoms with Crippen LogP contribution in [-0.2, 0) is 6.42 Å². The van der Waals surface area contributed by atoms with E-state index in [-0.39, 0.29) is 0 Å². The molecule has 2 heteroatoms. The molecule has 0 N–H and O–H groups in total. The summed E-state index contributed by atoms with van der Waals surface area (Å²) in [6.07, 6.45) is 1.13. The minimum Gasteiger partial charge on any atom is -0.369 e. The van der Waals surface area contributed by atoms with Crippen molar-refractivity contribution in [3.63, 3.8) is 0 Å². The van der Waals surface area contributed by atoms with Crippen LogP contribution in [0, 0.1) is 5.92 Å². The quantitative estimate of drug-likeness (QED) is 0.806. The van der Waals surface area contributed by atoms with Crippen LogP contribution in [0.2, 0.25) is 0 Å². The van der Waals surface area contributed by atoms with Crippen molar-refractivity contribution in [1.29, 1.82) is 0 Å². The van der Waals surface area contributed by atoms with E-state index in [2.05, 4.69) is 54.8 Å². The summed E-state index contributed by atoms with van der Waals surface area (Å²) in [4.78, 5) is 5.11. The molecule has 100 valence electrons. The fraction of sp³-hybridized carbons (Fsp3) is 0.625. The van der Waals surface area contributed by atoms with Gasteiger partial charge in [-0.05, 0) is 30.0 Å². The highest BCUT2D eigenvalue weighted by Gasteiger charge is 2.17. The molecule has 18 heavy (non-hydrogen) atoms. The first-order valence-corrected chi connectivity index (χ1v) is 7.25. The molecule has 2 nitrogen and oxygen atoms in total. The number of hydrogen-bond acceptors (Lipinski definition) is 2. The fourth-order valence-electron chi connectivity index (χ4n) is 2.68. The molecule has 0 unspecified atom stereocenters. The predicted octanol–water partition coefficient (Wildman–Crippen LogP) is 3.03. The second kappa shape index (κ2) is 6.24. The summed E-state index contributed by atoms with van der Waals surface area (Å²) in [5.41, 5.74) is 2.84. The lowest BCUT2D eigenvalue weighted by Crippen LogP contribution is -2.47. The van der Waals surface area contributed by atoms with Gasteiger partial charge >= 0.3 is 0 Å².